The number of carbonyl (C=O) groups excluding carboxylic acids is 6. The van der Waals surface area contributed by atoms with Crippen LogP contribution in [0.3, 0.4) is 0 Å². The van der Waals surface area contributed by atoms with Crippen molar-refractivity contribution >= 4 is 35.8 Å². The molecule has 1 aliphatic heterocycles. The highest BCUT2D eigenvalue weighted by Gasteiger charge is 2.48. The smallest absolute Gasteiger partial charge is 0.408 e. The van der Waals surface area contributed by atoms with Gasteiger partial charge in [0.25, 0.3) is 11.8 Å². The standard InChI is InChI=1S/C32H47N5O9/c1-8-13-22(26(39)28(41)33-17-24(38)45-16-9-2)34-27(40)23-19-36(18-21-14-11-10-12-15-21)31(44)37(23)29(42)25(20(3)4)35-30(43)46-32(5,6)7/h9-12,14-15,20,22-23,25-26,39H,2,8,13,16-19H2,1,3-7H3,(H,33,41)(H,34,40)(H,35,43). The van der Waals surface area contributed by atoms with Gasteiger partial charge in [-0.25, -0.2) is 14.5 Å². The molecule has 1 aliphatic rings. The summed E-state index contributed by atoms with van der Waals surface area (Å²) in [7, 11) is 0. The van der Waals surface area contributed by atoms with Crippen molar-refractivity contribution in [3.8, 4) is 0 Å². The molecular formula is C32H47N5O9. The van der Waals surface area contributed by atoms with E-state index in [2.05, 4.69) is 22.5 Å². The van der Waals surface area contributed by atoms with E-state index in [-0.39, 0.29) is 26.1 Å². The number of aliphatic hydroxyl groups is 1. The van der Waals surface area contributed by atoms with Gasteiger partial charge in [-0.2, -0.15) is 0 Å². The second kappa shape index (κ2) is 17.3. The van der Waals surface area contributed by atoms with Gasteiger partial charge in [0, 0.05) is 6.54 Å². The van der Waals surface area contributed by atoms with E-state index >= 15 is 0 Å². The van der Waals surface area contributed by atoms with Gasteiger partial charge >= 0.3 is 18.1 Å². The molecule has 254 valence electrons. The predicted molar refractivity (Wildman–Crippen MR) is 168 cm³/mol. The summed E-state index contributed by atoms with van der Waals surface area (Å²) in [5.41, 5.74) is -0.0838. The number of alkyl carbamates (subject to hydrolysis) is 1. The zero-order chi connectivity index (χ0) is 34.6. The lowest BCUT2D eigenvalue weighted by Gasteiger charge is -2.30. The number of amides is 6. The van der Waals surface area contributed by atoms with Crippen molar-refractivity contribution in [1.29, 1.82) is 0 Å². The highest BCUT2D eigenvalue weighted by atomic mass is 16.6. The number of urea groups is 1. The molecule has 0 aromatic heterocycles. The monoisotopic (exact) mass is 645 g/mol. The molecule has 14 heteroatoms. The number of ether oxygens (including phenoxy) is 2. The molecule has 6 amide bonds. The molecule has 4 atom stereocenters. The fourth-order valence-corrected chi connectivity index (χ4v) is 4.68. The normalized spacial score (nSPS) is 16.7. The van der Waals surface area contributed by atoms with Crippen LogP contribution in [0, 0.1) is 5.92 Å². The van der Waals surface area contributed by atoms with Crippen LogP contribution in [0.1, 0.15) is 59.9 Å². The lowest BCUT2D eigenvalue weighted by Crippen LogP contribution is -2.59. The summed E-state index contributed by atoms with van der Waals surface area (Å²) in [6.07, 6.45) is -0.633. The first-order chi connectivity index (χ1) is 21.6. The van der Waals surface area contributed by atoms with Crippen LogP contribution in [-0.4, -0.2) is 100 Å². The molecule has 1 saturated heterocycles. The number of benzene rings is 1. The molecule has 1 aromatic carbocycles. The Morgan fingerprint density at radius 2 is 1.76 bits per heavy atom. The van der Waals surface area contributed by atoms with Gasteiger partial charge in [0.1, 0.15) is 30.8 Å². The van der Waals surface area contributed by atoms with Crippen LogP contribution in [0.2, 0.25) is 0 Å². The number of imide groups is 1. The van der Waals surface area contributed by atoms with Crippen molar-refractivity contribution in [2.45, 2.75) is 90.8 Å². The van der Waals surface area contributed by atoms with Gasteiger partial charge in [0.05, 0.1) is 12.6 Å². The Bertz CT molecular complexity index is 1250. The number of esters is 1. The van der Waals surface area contributed by atoms with Crippen LogP contribution in [0.25, 0.3) is 0 Å². The SMILES string of the molecule is C=CCOC(=O)CNC(=O)C(O)C(CCC)NC(=O)C1CN(Cc2ccccc2)C(=O)N1C(=O)C(NC(=O)OC(C)(C)C)C(C)C. The second-order valence-electron chi connectivity index (χ2n) is 12.3. The van der Waals surface area contributed by atoms with Crippen LogP contribution in [0.5, 0.6) is 0 Å². The van der Waals surface area contributed by atoms with Gasteiger partial charge in [-0.3, -0.25) is 19.2 Å². The average molecular weight is 646 g/mol. The van der Waals surface area contributed by atoms with Crippen molar-refractivity contribution in [2.75, 3.05) is 19.7 Å². The molecule has 2 rings (SSSR count). The Morgan fingerprint density at radius 3 is 2.33 bits per heavy atom. The molecule has 0 bridgehead atoms. The van der Waals surface area contributed by atoms with Crippen molar-refractivity contribution in [1.82, 2.24) is 25.8 Å². The number of nitrogens with zero attached hydrogens (tertiary/aromatic N) is 2. The fourth-order valence-electron chi connectivity index (χ4n) is 4.68. The predicted octanol–water partition coefficient (Wildman–Crippen LogP) is 1.86. The van der Waals surface area contributed by atoms with Gasteiger partial charge in [-0.1, -0.05) is 70.2 Å². The van der Waals surface area contributed by atoms with E-state index in [1.807, 2.05) is 6.07 Å². The molecule has 46 heavy (non-hydrogen) atoms. The topological polar surface area (TPSA) is 184 Å². The summed E-state index contributed by atoms with van der Waals surface area (Å²) < 4.78 is 10.1. The van der Waals surface area contributed by atoms with Crippen molar-refractivity contribution < 1.29 is 43.3 Å². The van der Waals surface area contributed by atoms with E-state index in [1.54, 1.807) is 65.8 Å². The second-order valence-corrected chi connectivity index (χ2v) is 12.3. The quantitative estimate of drug-likeness (QED) is 0.163. The van der Waals surface area contributed by atoms with E-state index in [9.17, 15) is 33.9 Å². The summed E-state index contributed by atoms with van der Waals surface area (Å²) in [5.74, 6) is -3.75. The molecule has 0 aliphatic carbocycles. The zero-order valence-electron chi connectivity index (χ0n) is 27.4. The molecule has 0 spiro atoms. The lowest BCUT2D eigenvalue weighted by atomic mass is 10.0. The Labute approximate surface area is 269 Å². The highest BCUT2D eigenvalue weighted by Crippen LogP contribution is 2.23. The van der Waals surface area contributed by atoms with E-state index in [4.69, 9.17) is 9.47 Å². The maximum Gasteiger partial charge on any atom is 0.408 e. The molecular weight excluding hydrogens is 598 g/mol. The Kier molecular flexibility index (Phi) is 14.2. The van der Waals surface area contributed by atoms with E-state index < -0.39 is 78.1 Å². The number of carbonyl (C=O) groups is 6. The minimum Gasteiger partial charge on any atom is -0.460 e. The highest BCUT2D eigenvalue weighted by molar-refractivity contribution is 6.05. The van der Waals surface area contributed by atoms with Crippen LogP contribution < -0.4 is 16.0 Å². The fraction of sp³-hybridized carbons (Fsp3) is 0.562. The minimum absolute atomic E-state index is 0.0483. The van der Waals surface area contributed by atoms with Crippen LogP contribution in [-0.2, 0) is 35.2 Å². The van der Waals surface area contributed by atoms with E-state index in [1.165, 1.54) is 11.0 Å². The molecule has 0 saturated carbocycles. The van der Waals surface area contributed by atoms with Crippen molar-refractivity contribution in [3.05, 3.63) is 48.6 Å². The van der Waals surface area contributed by atoms with Crippen molar-refractivity contribution in [3.63, 3.8) is 0 Å². The van der Waals surface area contributed by atoms with Gasteiger partial charge < -0.3 is 35.4 Å². The maximum absolute atomic E-state index is 14.0. The van der Waals surface area contributed by atoms with Crippen LogP contribution >= 0.6 is 0 Å². The molecule has 1 aromatic rings. The molecule has 1 heterocycles. The first kappa shape index (κ1) is 37.7. The molecule has 14 nitrogen and oxygen atoms in total. The molecule has 4 N–H and O–H groups in total. The number of hydrogen-bond donors (Lipinski definition) is 4. The zero-order valence-corrected chi connectivity index (χ0v) is 27.4. The van der Waals surface area contributed by atoms with Crippen LogP contribution in [0.4, 0.5) is 9.59 Å². The number of rotatable bonds is 15. The summed E-state index contributed by atoms with van der Waals surface area (Å²) in [5, 5.41) is 18.2. The molecule has 1 fully saturated rings. The maximum atomic E-state index is 14.0. The Balaban J connectivity index is 2.33. The lowest BCUT2D eigenvalue weighted by molar-refractivity contribution is -0.144. The van der Waals surface area contributed by atoms with Crippen LogP contribution in [0.15, 0.2) is 43.0 Å². The molecule has 4 unspecified atom stereocenters. The van der Waals surface area contributed by atoms with E-state index in [0.717, 1.165) is 10.5 Å². The van der Waals surface area contributed by atoms with Gasteiger partial charge in [0.15, 0.2) is 6.10 Å². The largest absolute Gasteiger partial charge is 0.460 e. The van der Waals surface area contributed by atoms with E-state index in [0.29, 0.717) is 6.42 Å². The first-order valence-corrected chi connectivity index (χ1v) is 15.3. The third-order valence-electron chi connectivity index (χ3n) is 6.89. The Hall–Kier alpha value is -4.46. The third-order valence-corrected chi connectivity index (χ3v) is 6.89. The minimum atomic E-state index is -1.75. The van der Waals surface area contributed by atoms with Gasteiger partial charge in [-0.05, 0) is 38.7 Å². The summed E-state index contributed by atoms with van der Waals surface area (Å²) in [6, 6.07) is 4.58. The number of hydrogen-bond acceptors (Lipinski definition) is 9. The summed E-state index contributed by atoms with van der Waals surface area (Å²) in [6.45, 7) is 12.9. The summed E-state index contributed by atoms with van der Waals surface area (Å²) >= 11 is 0. The Morgan fingerprint density at radius 1 is 1.11 bits per heavy atom. The van der Waals surface area contributed by atoms with Crippen molar-refractivity contribution in [2.24, 2.45) is 5.92 Å². The summed E-state index contributed by atoms with van der Waals surface area (Å²) in [4.78, 5) is 80.7. The average Bonchev–Trinajstić information content (AvgIpc) is 3.31. The number of aliphatic hydroxyl groups excluding tert-OH is 1. The third kappa shape index (κ3) is 11.2. The number of nitrogens with one attached hydrogen (secondary N) is 3. The molecule has 0 radical (unpaired) electrons. The van der Waals surface area contributed by atoms with Gasteiger partial charge in [-0.15, -0.1) is 0 Å². The first-order valence-electron chi connectivity index (χ1n) is 15.3. The van der Waals surface area contributed by atoms with Gasteiger partial charge in [0.2, 0.25) is 5.91 Å².